The average Bonchev–Trinajstić information content (AvgIpc) is 2.84. The number of amides is 1. The number of nitrogens with zero attached hydrogens (tertiary/aromatic N) is 1. The fraction of sp³-hybridized carbons (Fsp3) is 0.741. The van der Waals surface area contributed by atoms with Gasteiger partial charge in [0.2, 0.25) is 0 Å². The number of aliphatic hydroxyl groups is 1. The van der Waals surface area contributed by atoms with Crippen LogP contribution in [0.3, 0.4) is 0 Å². The number of ether oxygens (including phenoxy) is 4. The summed E-state index contributed by atoms with van der Waals surface area (Å²) >= 11 is 1.23. The van der Waals surface area contributed by atoms with E-state index >= 15 is 0 Å². The molecule has 0 aromatic heterocycles. The molecule has 2 rings (SSSR count). The van der Waals surface area contributed by atoms with Crippen molar-refractivity contribution < 1.29 is 42.0 Å². The molecule has 1 aromatic rings. The van der Waals surface area contributed by atoms with Crippen molar-refractivity contribution in [3.8, 4) is 5.75 Å². The number of benzene rings is 1. The van der Waals surface area contributed by atoms with E-state index in [0.29, 0.717) is 24.3 Å². The van der Waals surface area contributed by atoms with Crippen LogP contribution in [-0.2, 0) is 14.2 Å². The molecule has 0 bridgehead atoms. The van der Waals surface area contributed by atoms with E-state index < -0.39 is 60.8 Å². The van der Waals surface area contributed by atoms with Gasteiger partial charge in [-0.2, -0.15) is 0 Å². The minimum atomic E-state index is -1.30. The first-order valence-electron chi connectivity index (χ1n) is 13.0. The summed E-state index contributed by atoms with van der Waals surface area (Å²) in [4.78, 5) is 14.8. The Balaban J connectivity index is 2.21. The van der Waals surface area contributed by atoms with Crippen molar-refractivity contribution in [1.82, 2.24) is 4.90 Å². The van der Waals surface area contributed by atoms with Crippen molar-refractivity contribution in [2.75, 3.05) is 33.2 Å². The first kappa shape index (κ1) is 32.7. The van der Waals surface area contributed by atoms with Crippen LogP contribution < -0.4 is 4.74 Å². The monoisotopic (exact) mass is 609 g/mol. The molecule has 1 aromatic carbocycles. The van der Waals surface area contributed by atoms with Gasteiger partial charge in [0.15, 0.2) is 0 Å². The summed E-state index contributed by atoms with van der Waals surface area (Å²) in [6.45, 7) is 8.85. The van der Waals surface area contributed by atoms with Gasteiger partial charge < -0.3 is 0 Å². The van der Waals surface area contributed by atoms with Crippen molar-refractivity contribution in [3.63, 3.8) is 0 Å². The van der Waals surface area contributed by atoms with Crippen molar-refractivity contribution in [2.24, 2.45) is 5.41 Å². The van der Waals surface area contributed by atoms with Gasteiger partial charge in [0.05, 0.1) is 0 Å². The topological polar surface area (TPSA) is 77.5 Å². The number of hydrogen-bond donors (Lipinski definition) is 1. The Morgan fingerprint density at radius 2 is 1.89 bits per heavy atom. The summed E-state index contributed by atoms with van der Waals surface area (Å²) in [5.41, 5.74) is -1.68. The van der Waals surface area contributed by atoms with Crippen LogP contribution in [0.2, 0.25) is 4.71 Å². The van der Waals surface area contributed by atoms with Crippen molar-refractivity contribution in [3.05, 3.63) is 29.6 Å². The Kier molecular flexibility index (Phi) is 12.3. The first-order valence-corrected chi connectivity index (χ1v) is 14.4. The molecule has 0 saturated carbocycles. The maximum absolute atomic E-state index is 14.2. The first-order chi connectivity index (χ1) is 17.7. The van der Waals surface area contributed by atoms with Gasteiger partial charge in [-0.05, 0) is 0 Å². The predicted octanol–water partition coefficient (Wildman–Crippen LogP) is 4.77. The number of carbonyl (C=O) groups is 1. The summed E-state index contributed by atoms with van der Waals surface area (Å²) in [6.07, 6.45) is -1.40. The van der Waals surface area contributed by atoms with Gasteiger partial charge in [0.25, 0.3) is 0 Å². The van der Waals surface area contributed by atoms with Crippen LogP contribution in [0.1, 0.15) is 66.1 Å². The third kappa shape index (κ3) is 9.32. The molecule has 7 nitrogen and oxygen atoms in total. The van der Waals surface area contributed by atoms with Gasteiger partial charge in [0.1, 0.15) is 0 Å². The van der Waals surface area contributed by atoms with Crippen LogP contribution in [0.5, 0.6) is 5.75 Å². The summed E-state index contributed by atoms with van der Waals surface area (Å²) < 4.78 is 63.3. The van der Waals surface area contributed by atoms with Gasteiger partial charge in [0, 0.05) is 0 Å². The van der Waals surface area contributed by atoms with Gasteiger partial charge in [-0.3, -0.25) is 0 Å². The summed E-state index contributed by atoms with van der Waals surface area (Å²) in [5, 5.41) is 11.1. The normalized spacial score (nSPS) is 22.2. The van der Waals surface area contributed by atoms with E-state index in [1.807, 2.05) is 6.92 Å². The van der Waals surface area contributed by atoms with E-state index in [4.69, 9.17) is 18.9 Å². The summed E-state index contributed by atoms with van der Waals surface area (Å²) in [7, 11) is 0. The zero-order chi connectivity index (χ0) is 28.7. The van der Waals surface area contributed by atoms with E-state index in [2.05, 4.69) is 0 Å². The Morgan fingerprint density at radius 1 is 1.24 bits per heavy atom. The number of morpholine rings is 1. The van der Waals surface area contributed by atoms with Crippen LogP contribution >= 0.6 is 0 Å². The molecule has 1 heterocycles. The molecule has 1 aliphatic rings. The number of hydrogen-bond acceptors (Lipinski definition) is 6. The zero-order valence-corrected chi connectivity index (χ0v) is 25.6. The Labute approximate surface area is 232 Å². The Morgan fingerprint density at radius 3 is 2.47 bits per heavy atom. The molecule has 1 fully saturated rings. The predicted molar refractivity (Wildman–Crippen MR) is 141 cm³/mol. The van der Waals surface area contributed by atoms with Gasteiger partial charge >= 0.3 is 233 Å². The van der Waals surface area contributed by atoms with Crippen molar-refractivity contribution in [2.45, 2.75) is 89.2 Å². The van der Waals surface area contributed by atoms with Crippen molar-refractivity contribution in [1.29, 1.82) is 0 Å². The van der Waals surface area contributed by atoms with Gasteiger partial charge in [-0.1, -0.05) is 0 Å². The average molecular weight is 610 g/mol. The minimum absolute atomic E-state index is 0.0668. The number of halogens is 3. The number of carbonyl (C=O) groups excluding carboxylic acids is 1. The van der Waals surface area contributed by atoms with Gasteiger partial charge in [-0.25, -0.2) is 0 Å². The van der Waals surface area contributed by atoms with Crippen LogP contribution in [0.15, 0.2) is 18.2 Å². The molecule has 11 heteroatoms. The zero-order valence-electron chi connectivity index (χ0n) is 23.2. The molecule has 6 atom stereocenters. The number of aliphatic hydroxyl groups excluding tert-OH is 1. The standard InChI is InChI=1S/C27H43AsF3NO6/c1-7-8-35-21-10-18(9-19(31)11-21)23(33)22(28)12-20-13-36-24(37-16-27(6,14-29)15-30)17(2)32(20)25(34)38-26(3,4)5/h9-11,17,20,22-24,33H,7-8,12-16,28H2,1-6H3. The van der Waals surface area contributed by atoms with E-state index in [9.17, 15) is 23.1 Å². The van der Waals surface area contributed by atoms with E-state index in [-0.39, 0.29) is 17.9 Å². The van der Waals surface area contributed by atoms with Crippen LogP contribution in [-0.4, -0.2) is 90.1 Å². The maximum atomic E-state index is 14.2. The molecule has 0 spiro atoms. The Bertz CT molecular complexity index is 898. The third-order valence-electron chi connectivity index (χ3n) is 6.18. The molecule has 218 valence electrons. The second kappa shape index (κ2) is 14.2. The molecular formula is C27H43AsF3NO6. The molecule has 0 aliphatic carbocycles. The number of rotatable bonds is 12. The van der Waals surface area contributed by atoms with E-state index in [0.717, 1.165) is 6.42 Å². The van der Waals surface area contributed by atoms with Crippen LogP contribution in [0.4, 0.5) is 18.0 Å². The van der Waals surface area contributed by atoms with Crippen molar-refractivity contribution >= 4 is 22.9 Å². The Hall–Kier alpha value is -1.48. The molecule has 1 N–H and O–H groups in total. The van der Waals surface area contributed by atoms with Gasteiger partial charge in [-0.15, -0.1) is 0 Å². The molecule has 6 unspecified atom stereocenters. The van der Waals surface area contributed by atoms with Crippen LogP contribution in [0, 0.1) is 11.2 Å². The quantitative estimate of drug-likeness (QED) is 0.344. The third-order valence-corrected chi connectivity index (χ3v) is 7.52. The van der Waals surface area contributed by atoms with E-state index in [1.165, 1.54) is 40.8 Å². The fourth-order valence-corrected chi connectivity index (χ4v) is 5.16. The second-order valence-corrected chi connectivity index (χ2v) is 13.1. The second-order valence-electron chi connectivity index (χ2n) is 11.3. The molecule has 38 heavy (non-hydrogen) atoms. The molecule has 1 aliphatic heterocycles. The van der Waals surface area contributed by atoms with Crippen LogP contribution in [0.25, 0.3) is 0 Å². The molecule has 1 saturated heterocycles. The summed E-state index contributed by atoms with van der Waals surface area (Å²) in [6, 6.07) is 3.06. The molecule has 0 radical (unpaired) electrons. The molecular weight excluding hydrogens is 566 g/mol. The number of alkyl halides is 2. The fourth-order valence-electron chi connectivity index (χ4n) is 4.03. The summed E-state index contributed by atoms with van der Waals surface area (Å²) in [5.74, 6) is -0.162. The molecule has 1 amide bonds. The van der Waals surface area contributed by atoms with E-state index in [1.54, 1.807) is 33.8 Å². The SMILES string of the molecule is CCCOc1cc(F)cc(C(O)C([AsH2])CC2COC(OCC(C)(CF)CF)C(C)N2C(=O)OC(C)(C)C)c1.